The molecule has 3 aromatic carbocycles. The van der Waals surface area contributed by atoms with Gasteiger partial charge in [-0.15, -0.1) is 0 Å². The maximum atomic E-state index is 12.0. The lowest BCUT2D eigenvalue weighted by Crippen LogP contribution is -2.10. The van der Waals surface area contributed by atoms with Crippen LogP contribution in [-0.4, -0.2) is 33.3 Å². The summed E-state index contributed by atoms with van der Waals surface area (Å²) in [5, 5.41) is 0. The van der Waals surface area contributed by atoms with E-state index in [1.807, 2.05) is 85.7 Å². The summed E-state index contributed by atoms with van der Waals surface area (Å²) < 4.78 is 17.3. The van der Waals surface area contributed by atoms with Gasteiger partial charge in [0.2, 0.25) is 0 Å². The van der Waals surface area contributed by atoms with Crippen molar-refractivity contribution >= 4 is 11.7 Å². The van der Waals surface area contributed by atoms with Crippen LogP contribution in [0.5, 0.6) is 11.5 Å². The topological polar surface area (TPSA) is 48.0 Å². The van der Waals surface area contributed by atoms with Gasteiger partial charge in [0, 0.05) is 19.8 Å². The third-order valence-corrected chi connectivity index (χ3v) is 5.95. The van der Waals surface area contributed by atoms with Gasteiger partial charge in [-0.2, -0.15) is 0 Å². The van der Waals surface area contributed by atoms with Crippen molar-refractivity contribution in [2.24, 2.45) is 0 Å². The number of carbonyl (C=O) groups excluding carboxylic acids is 1. The molecule has 0 aliphatic rings. The SMILES string of the molecule is CN(C)c1ccc(CC(=O)OCCCCCCCCOc2ccccc2OCc2ccccc2)cc1. The van der Waals surface area contributed by atoms with E-state index in [0.717, 1.165) is 66.8 Å². The molecule has 192 valence electrons. The van der Waals surface area contributed by atoms with Gasteiger partial charge in [-0.25, -0.2) is 0 Å². The van der Waals surface area contributed by atoms with Crippen LogP contribution in [0.2, 0.25) is 0 Å². The Kier molecular flexibility index (Phi) is 11.7. The normalized spacial score (nSPS) is 10.6. The first-order valence-corrected chi connectivity index (χ1v) is 12.9. The molecule has 0 bridgehead atoms. The van der Waals surface area contributed by atoms with Crippen molar-refractivity contribution in [3.05, 3.63) is 90.0 Å². The number of anilines is 1. The summed E-state index contributed by atoms with van der Waals surface area (Å²) in [7, 11) is 4.00. The fourth-order valence-corrected chi connectivity index (χ4v) is 3.83. The molecule has 3 aromatic rings. The number of para-hydroxylation sites is 2. The lowest BCUT2D eigenvalue weighted by molar-refractivity contribution is -0.142. The van der Waals surface area contributed by atoms with Gasteiger partial charge >= 0.3 is 5.97 Å². The second kappa shape index (κ2) is 15.5. The van der Waals surface area contributed by atoms with Crippen LogP contribution in [0.25, 0.3) is 0 Å². The predicted molar refractivity (Wildman–Crippen MR) is 146 cm³/mol. The number of ether oxygens (including phenoxy) is 3. The molecule has 0 aliphatic carbocycles. The quantitative estimate of drug-likeness (QED) is 0.163. The van der Waals surface area contributed by atoms with Gasteiger partial charge in [-0.3, -0.25) is 4.79 Å². The summed E-state index contributed by atoms with van der Waals surface area (Å²) in [6, 6.07) is 26.0. The van der Waals surface area contributed by atoms with Gasteiger partial charge in [0.05, 0.1) is 19.6 Å². The fraction of sp³-hybridized carbons (Fsp3) is 0.387. The summed E-state index contributed by atoms with van der Waals surface area (Å²) in [5.74, 6) is 1.42. The first-order chi connectivity index (χ1) is 17.6. The zero-order chi connectivity index (χ0) is 25.4. The molecule has 0 amide bonds. The molecule has 0 atom stereocenters. The van der Waals surface area contributed by atoms with Crippen molar-refractivity contribution in [1.82, 2.24) is 0 Å². The van der Waals surface area contributed by atoms with Crippen molar-refractivity contribution in [1.29, 1.82) is 0 Å². The summed E-state index contributed by atoms with van der Waals surface area (Å²) >= 11 is 0. The zero-order valence-corrected chi connectivity index (χ0v) is 21.7. The molecule has 5 heteroatoms. The number of nitrogens with zero attached hydrogens (tertiary/aromatic N) is 1. The standard InChI is InChI=1S/C31H39NO4/c1-32(2)28-20-18-26(19-21-28)24-31(33)35-23-13-6-4-3-5-12-22-34-29-16-10-11-17-30(29)36-25-27-14-8-7-9-15-27/h7-11,14-21H,3-6,12-13,22-25H2,1-2H3. The minimum atomic E-state index is -0.155. The largest absolute Gasteiger partial charge is 0.490 e. The van der Waals surface area contributed by atoms with E-state index in [1.54, 1.807) is 0 Å². The third-order valence-electron chi connectivity index (χ3n) is 5.95. The molecule has 0 saturated carbocycles. The highest BCUT2D eigenvalue weighted by atomic mass is 16.5. The predicted octanol–water partition coefficient (Wildman–Crippen LogP) is 6.84. The number of carbonyl (C=O) groups is 1. The highest BCUT2D eigenvalue weighted by molar-refractivity contribution is 5.72. The van der Waals surface area contributed by atoms with Crippen molar-refractivity contribution in [2.45, 2.75) is 51.6 Å². The van der Waals surface area contributed by atoms with E-state index < -0.39 is 0 Å². The molecule has 0 fully saturated rings. The van der Waals surface area contributed by atoms with Crippen molar-refractivity contribution in [2.75, 3.05) is 32.2 Å². The van der Waals surface area contributed by atoms with Gasteiger partial charge in [-0.1, -0.05) is 80.3 Å². The number of hydrogen-bond acceptors (Lipinski definition) is 5. The summed E-state index contributed by atoms with van der Waals surface area (Å²) in [6.45, 7) is 1.71. The number of hydrogen-bond donors (Lipinski definition) is 0. The lowest BCUT2D eigenvalue weighted by Gasteiger charge is -2.13. The molecular weight excluding hydrogens is 450 g/mol. The zero-order valence-electron chi connectivity index (χ0n) is 21.7. The number of esters is 1. The van der Waals surface area contributed by atoms with Crippen LogP contribution >= 0.6 is 0 Å². The van der Waals surface area contributed by atoms with Crippen LogP contribution in [0.15, 0.2) is 78.9 Å². The van der Waals surface area contributed by atoms with E-state index in [2.05, 4.69) is 12.1 Å². The Bertz CT molecular complexity index is 1020. The Morgan fingerprint density at radius 2 is 1.22 bits per heavy atom. The molecule has 0 heterocycles. The van der Waals surface area contributed by atoms with Crippen LogP contribution in [0.3, 0.4) is 0 Å². The highest BCUT2D eigenvalue weighted by Crippen LogP contribution is 2.27. The maximum absolute atomic E-state index is 12.0. The Morgan fingerprint density at radius 3 is 1.89 bits per heavy atom. The van der Waals surface area contributed by atoms with Gasteiger partial charge in [0.15, 0.2) is 11.5 Å². The molecule has 0 radical (unpaired) electrons. The van der Waals surface area contributed by atoms with Gasteiger partial charge < -0.3 is 19.1 Å². The molecule has 0 aromatic heterocycles. The molecule has 5 nitrogen and oxygen atoms in total. The van der Waals surface area contributed by atoms with Crippen molar-refractivity contribution in [3.63, 3.8) is 0 Å². The monoisotopic (exact) mass is 489 g/mol. The highest BCUT2D eigenvalue weighted by Gasteiger charge is 2.06. The molecule has 3 rings (SSSR count). The Labute approximate surface area is 216 Å². The lowest BCUT2D eigenvalue weighted by atomic mass is 10.1. The Morgan fingerprint density at radius 1 is 0.639 bits per heavy atom. The number of rotatable bonds is 16. The Hall–Kier alpha value is -3.47. The molecule has 0 aliphatic heterocycles. The maximum Gasteiger partial charge on any atom is 0.310 e. The average Bonchev–Trinajstić information content (AvgIpc) is 2.90. The van der Waals surface area contributed by atoms with Crippen molar-refractivity contribution in [3.8, 4) is 11.5 Å². The number of benzene rings is 3. The Balaban J connectivity index is 1.20. The second-order valence-electron chi connectivity index (χ2n) is 9.15. The molecule has 0 N–H and O–H groups in total. The van der Waals surface area contributed by atoms with Crippen LogP contribution in [0, 0.1) is 0 Å². The smallest absolute Gasteiger partial charge is 0.310 e. The summed E-state index contributed by atoms with van der Waals surface area (Å²) in [4.78, 5) is 14.1. The van der Waals surface area contributed by atoms with Crippen LogP contribution in [-0.2, 0) is 22.6 Å². The van der Waals surface area contributed by atoms with Crippen LogP contribution in [0.1, 0.15) is 49.7 Å². The van der Waals surface area contributed by atoms with E-state index in [1.165, 1.54) is 0 Å². The third kappa shape index (κ3) is 10.0. The molecule has 0 saturated heterocycles. The van der Waals surface area contributed by atoms with E-state index in [4.69, 9.17) is 14.2 Å². The summed E-state index contributed by atoms with van der Waals surface area (Å²) in [5.41, 5.74) is 3.24. The minimum absolute atomic E-state index is 0.155. The first kappa shape index (κ1) is 27.1. The van der Waals surface area contributed by atoms with E-state index in [0.29, 0.717) is 26.2 Å². The van der Waals surface area contributed by atoms with Gasteiger partial charge in [0.1, 0.15) is 6.61 Å². The second-order valence-corrected chi connectivity index (χ2v) is 9.15. The van der Waals surface area contributed by atoms with Gasteiger partial charge in [-0.05, 0) is 48.2 Å². The summed E-state index contributed by atoms with van der Waals surface area (Å²) in [6.07, 6.45) is 6.73. The minimum Gasteiger partial charge on any atom is -0.490 e. The molecule has 0 spiro atoms. The van der Waals surface area contributed by atoms with E-state index in [9.17, 15) is 4.79 Å². The fourth-order valence-electron chi connectivity index (χ4n) is 3.83. The molecule has 0 unspecified atom stereocenters. The van der Waals surface area contributed by atoms with Crippen LogP contribution in [0.4, 0.5) is 5.69 Å². The number of unbranched alkanes of at least 4 members (excludes halogenated alkanes) is 5. The first-order valence-electron chi connectivity index (χ1n) is 12.9. The van der Waals surface area contributed by atoms with Crippen LogP contribution < -0.4 is 14.4 Å². The van der Waals surface area contributed by atoms with E-state index >= 15 is 0 Å². The van der Waals surface area contributed by atoms with Gasteiger partial charge in [0.25, 0.3) is 0 Å². The van der Waals surface area contributed by atoms with Crippen molar-refractivity contribution < 1.29 is 19.0 Å². The van der Waals surface area contributed by atoms with E-state index in [-0.39, 0.29) is 5.97 Å². The average molecular weight is 490 g/mol. The molecular formula is C31H39NO4. The molecule has 36 heavy (non-hydrogen) atoms.